The van der Waals surface area contributed by atoms with Gasteiger partial charge in [0.15, 0.2) is 25.2 Å². The van der Waals surface area contributed by atoms with Gasteiger partial charge in [0, 0.05) is 193 Å². The number of rotatable bonds is 24. The van der Waals surface area contributed by atoms with Gasteiger partial charge in [-0.1, -0.05) is 48.0 Å². The predicted octanol–water partition coefficient (Wildman–Crippen LogP) is 17.1. The summed E-state index contributed by atoms with van der Waals surface area (Å²) in [4.78, 5) is 91.4. The van der Waals surface area contributed by atoms with Crippen molar-refractivity contribution in [3.05, 3.63) is 298 Å². The predicted molar refractivity (Wildman–Crippen MR) is 569 cm³/mol. The lowest BCUT2D eigenvalue weighted by Gasteiger charge is -2.42. The molecule has 31 nitrogen and oxygen atoms in total. The number of sulfonamides is 2. The van der Waals surface area contributed by atoms with Crippen LogP contribution in [0.1, 0.15) is 79.9 Å². The molecular weight excluding hydrogens is 1990 g/mol. The van der Waals surface area contributed by atoms with Crippen LogP contribution in [0.3, 0.4) is 0 Å². The van der Waals surface area contributed by atoms with Gasteiger partial charge in [-0.3, -0.25) is 28.6 Å². The average Bonchev–Trinajstić information content (AvgIpc) is 1.61. The Morgan fingerprint density at radius 1 is 0.559 bits per heavy atom. The molecule has 7 N–H and O–H groups in total. The van der Waals surface area contributed by atoms with Crippen LogP contribution >= 0.6 is 57.6 Å². The zero-order chi connectivity index (χ0) is 98.4. The molecule has 21 rings (SSSR count). The molecule has 14 aromatic rings. The number of ether oxygens (including phenoxy) is 2. The molecule has 5 aromatic heterocycles. The van der Waals surface area contributed by atoms with Crippen LogP contribution in [0.4, 0.5) is 58.3 Å². The van der Waals surface area contributed by atoms with E-state index >= 15 is 0 Å². The molecule has 4 amide bonds. The van der Waals surface area contributed by atoms with E-state index in [0.29, 0.717) is 87.0 Å². The highest BCUT2D eigenvalue weighted by Gasteiger charge is 2.43. The first kappa shape index (κ1) is 103. The van der Waals surface area contributed by atoms with Gasteiger partial charge in [-0.2, -0.15) is 0 Å². The minimum Gasteiger partial charge on any atom is -0.496 e. The number of hydrogen-bond donors (Lipinski definition) is 3. The summed E-state index contributed by atoms with van der Waals surface area (Å²) in [6, 6.07) is 58.4. The van der Waals surface area contributed by atoms with E-state index in [9.17, 15) is 53.2 Å². The standard InChI is InChI=1S/C27H22ClFN4OS2.C27H30N4O4S.C26H28FN5O3S2.C22H22N4O4S2.2H2O.5H2/c28-22-16-17(4-9-23(22)29)20-2-1-3-24-21(20)10-13-33(24)25-11-14-32(26(25)34)18-5-7-19(8-6-18)36-31-27-30-12-15-35-27;1-35-26-4-2-3-20-5-6-21(17-25(20)26)27(32)31-15-13-30(14-16-31)23-7-9-24(10-8-23)36(33,34)18-22-11-12-28-19-29-22;1-17-14-20-15-21(27)4-9-24(20)32(17)19(3)25(33)31-12-11-30(16-18(31)2)22-5-7-23(8-6-22)37(34,35)29-26-28-10-13-36-26;1-30-20-4-2-3-18-17(20)9-12-26(18)19-10-13-25(21(19)27)15-5-7-16(8-6-15)32(28,29)24-22-23-11-14-31-22;;;;;;;/h1-9,12,15-16,25H,10-11,13-14H2,(H,30,31);2-4,7-12,19,21H,5-6,13-18H2,1H3;4-10,13-15,18-19H,11-12,16H2,1-3H3,(H,28,29);2-8,11,14,19H,9-10,12-13H2,1H3,(H,23,24);2*1H2;5*1H/t25-;;;19-;;;;;;;/m0..0......./s1. The van der Waals surface area contributed by atoms with Crippen molar-refractivity contribution in [2.75, 3.05) is 130 Å². The molecule has 41 heteroatoms. The molecule has 11 heterocycles. The maximum Gasteiger partial charge on any atom is 0.263 e. The molecule has 3 unspecified atom stereocenters. The molecule has 0 radical (unpaired) electrons. The van der Waals surface area contributed by atoms with Crippen molar-refractivity contribution in [1.82, 2.24) is 39.3 Å². The Labute approximate surface area is 856 Å². The fraction of sp³-hybridized carbons (Fsp3) is 0.284. The number of amides is 4. The van der Waals surface area contributed by atoms with E-state index in [4.69, 9.17) is 21.1 Å². The first-order valence-electron chi connectivity index (χ1n) is 46.1. The van der Waals surface area contributed by atoms with E-state index in [1.54, 1.807) is 126 Å². The SMILES string of the molecule is COc1cccc2c1CC(C(=O)N1CCN(c3ccc(S(=O)(=O)Cc4ccncn4)cc3)CC1)CC2.COc1cccc2c1CCN2[C@H]1CCN(c2ccc(S(=O)(=O)Nc3nccs3)cc2)C1=O.Cc1cc2cc(F)ccc2n1C(C)C(=O)N1CCN(c2ccc(S(=O)(=O)Nc3nccs3)cc2)CC1C.O.O.O=C1[C@@H](N2CCc3c(-c4ccc(F)c(Cl)c4)cccc32)CCN1c1ccc(SNc2nccs2)cc1.[HH].[HH].[HH].[HH].[HH]. The van der Waals surface area contributed by atoms with E-state index in [2.05, 4.69) is 70.8 Å². The zero-order valence-electron chi connectivity index (χ0n) is 78.6. The van der Waals surface area contributed by atoms with E-state index in [-0.39, 0.29) is 97.0 Å². The largest absolute Gasteiger partial charge is 0.496 e. The summed E-state index contributed by atoms with van der Waals surface area (Å²) in [5, 5.41) is 7.73. The summed E-state index contributed by atoms with van der Waals surface area (Å²) in [6.07, 6.45) is 13.4. The number of aromatic nitrogens is 6. The molecule has 143 heavy (non-hydrogen) atoms. The van der Waals surface area contributed by atoms with Crippen molar-refractivity contribution >= 4 is 171 Å². The van der Waals surface area contributed by atoms with Crippen molar-refractivity contribution in [2.24, 2.45) is 5.92 Å². The Kier molecular flexibility index (Phi) is 32.2. The van der Waals surface area contributed by atoms with Gasteiger partial charge in [0.1, 0.15) is 47.6 Å². The number of halogens is 3. The molecule has 756 valence electrons. The molecule has 5 atom stereocenters. The van der Waals surface area contributed by atoms with Gasteiger partial charge in [0.2, 0.25) is 23.6 Å². The third-order valence-electron chi connectivity index (χ3n) is 26.6. The summed E-state index contributed by atoms with van der Waals surface area (Å²) in [5.41, 5.74) is 14.5. The van der Waals surface area contributed by atoms with Gasteiger partial charge in [-0.25, -0.2) is 59.0 Å². The maximum absolute atomic E-state index is 13.7. The third-order valence-corrected chi connectivity index (χ3v) is 34.5. The number of hydrogen-bond acceptors (Lipinski definition) is 26. The minimum atomic E-state index is -3.73. The summed E-state index contributed by atoms with van der Waals surface area (Å²) < 4.78 is 124. The molecule has 1 aliphatic carbocycles. The van der Waals surface area contributed by atoms with Gasteiger partial charge in [0.05, 0.1) is 45.4 Å². The average molecular weight is 2100 g/mol. The van der Waals surface area contributed by atoms with Crippen LogP contribution in [0.25, 0.3) is 22.0 Å². The van der Waals surface area contributed by atoms with Crippen molar-refractivity contribution in [3.63, 3.8) is 0 Å². The second kappa shape index (κ2) is 44.8. The molecule has 0 bridgehead atoms. The van der Waals surface area contributed by atoms with E-state index in [1.807, 2.05) is 130 Å². The number of anilines is 9. The number of fused-ring (bicyclic) bond motifs is 4. The van der Waals surface area contributed by atoms with Crippen LogP contribution in [-0.4, -0.2) is 203 Å². The number of nitrogens with one attached hydrogen (secondary N) is 3. The van der Waals surface area contributed by atoms with Crippen LogP contribution in [0.15, 0.2) is 267 Å². The first-order chi connectivity index (χ1) is 68.1. The molecule has 0 spiro atoms. The highest BCUT2D eigenvalue weighted by molar-refractivity contribution is 8.00. The second-order valence-electron chi connectivity index (χ2n) is 34.9. The quantitative estimate of drug-likeness (QED) is 0.0473. The highest BCUT2D eigenvalue weighted by Crippen LogP contribution is 2.44. The monoisotopic (exact) mass is 2100 g/mol. The van der Waals surface area contributed by atoms with Crippen molar-refractivity contribution < 1.29 is 80.8 Å². The molecule has 4 fully saturated rings. The van der Waals surface area contributed by atoms with Crippen LogP contribution in [0, 0.1) is 24.5 Å². The van der Waals surface area contributed by atoms with E-state index in [0.717, 1.165) is 140 Å². The van der Waals surface area contributed by atoms with Crippen molar-refractivity contribution in [1.29, 1.82) is 0 Å². The number of piperazine rings is 2. The van der Waals surface area contributed by atoms with Crippen LogP contribution in [-0.2, 0) is 80.5 Å². The van der Waals surface area contributed by atoms with Crippen LogP contribution in [0.2, 0.25) is 5.02 Å². The summed E-state index contributed by atoms with van der Waals surface area (Å²) in [5.74, 6) is 1.23. The second-order valence-corrected chi connectivity index (χ2v) is 44.3. The Morgan fingerprint density at radius 2 is 1.10 bits per heavy atom. The Hall–Kier alpha value is -13.2. The molecule has 7 aliphatic rings. The fourth-order valence-corrected chi connectivity index (χ4v) is 25.8. The lowest BCUT2D eigenvalue weighted by Crippen LogP contribution is -2.55. The lowest BCUT2D eigenvalue weighted by molar-refractivity contribution is -0.137. The first-order valence-corrected chi connectivity index (χ1v) is 54.5. The molecular formula is C102H116ClF2N17O14S7. The number of aryl methyl sites for hydroxylation is 2. The lowest BCUT2D eigenvalue weighted by atomic mass is 9.82. The third kappa shape index (κ3) is 22.8. The topological polar surface area (TPSA) is 384 Å². The highest BCUT2D eigenvalue weighted by atomic mass is 35.5. The van der Waals surface area contributed by atoms with Crippen molar-refractivity contribution in [2.45, 2.75) is 115 Å². The van der Waals surface area contributed by atoms with E-state index < -0.39 is 41.7 Å². The number of nitrogens with zero attached hydrogens (tertiary/aromatic N) is 14. The Balaban J connectivity index is 0.000000185. The Bertz CT molecular complexity index is 7250. The molecule has 0 saturated carbocycles. The minimum absolute atomic E-state index is 0. The Morgan fingerprint density at radius 3 is 1.68 bits per heavy atom. The summed E-state index contributed by atoms with van der Waals surface area (Å²) in [7, 11) is -7.58. The van der Waals surface area contributed by atoms with Gasteiger partial charge >= 0.3 is 0 Å². The number of benzene rings is 9. The van der Waals surface area contributed by atoms with Gasteiger partial charge in [-0.05, 0) is 269 Å². The number of carbonyl (C=O) groups excluding carboxylic acids is 4. The van der Waals surface area contributed by atoms with Crippen LogP contribution in [0.5, 0.6) is 11.5 Å². The summed E-state index contributed by atoms with van der Waals surface area (Å²) in [6.45, 7) is 13.2. The van der Waals surface area contributed by atoms with Crippen molar-refractivity contribution in [3.8, 4) is 22.6 Å². The zero-order valence-corrected chi connectivity index (χ0v) is 85.1. The maximum atomic E-state index is 13.7. The molecule has 4 saturated heterocycles. The number of thiazole rings is 3. The van der Waals surface area contributed by atoms with Gasteiger partial charge in [-0.15, -0.1) is 34.0 Å². The number of carbonyl (C=O) groups is 4. The van der Waals surface area contributed by atoms with Crippen LogP contribution < -0.4 is 53.0 Å². The molecule has 9 aromatic carbocycles. The van der Waals surface area contributed by atoms with E-state index in [1.165, 1.54) is 94.8 Å². The summed E-state index contributed by atoms with van der Waals surface area (Å²) >= 11 is 11.5. The smallest absolute Gasteiger partial charge is 0.263 e. The normalized spacial score (nSPS) is 17.3. The molecule has 6 aliphatic heterocycles. The number of sulfone groups is 1. The van der Waals surface area contributed by atoms with Gasteiger partial charge in [0.25, 0.3) is 20.0 Å². The van der Waals surface area contributed by atoms with Gasteiger partial charge < -0.3 is 68.9 Å². The number of methoxy groups -OCH3 is 2. The fourth-order valence-electron chi connectivity index (χ4n) is 19.6.